The van der Waals surface area contributed by atoms with Gasteiger partial charge in [0.1, 0.15) is 6.26 Å². The smallest absolute Gasteiger partial charge is 0.297 e. The Morgan fingerprint density at radius 3 is 2.69 bits per heavy atom. The van der Waals surface area contributed by atoms with E-state index in [1.165, 1.54) is 35.4 Å². The van der Waals surface area contributed by atoms with Crippen molar-refractivity contribution < 1.29 is 14.4 Å². The molecule has 0 aliphatic carbocycles. The van der Waals surface area contributed by atoms with Crippen LogP contribution in [0.5, 0.6) is 5.75 Å². The third kappa shape index (κ3) is 4.04. The number of hydrogen-bond acceptors (Lipinski definition) is 8. The molecule has 1 N–H and O–H groups in total. The van der Waals surface area contributed by atoms with E-state index in [-0.39, 0.29) is 24.1 Å². The highest BCUT2D eigenvalue weighted by molar-refractivity contribution is 7.14. The zero-order chi connectivity index (χ0) is 22.8. The van der Waals surface area contributed by atoms with E-state index < -0.39 is 17.1 Å². The zero-order valence-corrected chi connectivity index (χ0v) is 18.8. The fourth-order valence-electron chi connectivity index (χ4n) is 3.53. The summed E-state index contributed by atoms with van der Waals surface area (Å²) in [6.45, 7) is 0. The number of benzene rings is 1. The van der Waals surface area contributed by atoms with E-state index in [1.54, 1.807) is 11.9 Å². The first-order chi connectivity index (χ1) is 15.4. The van der Waals surface area contributed by atoms with Crippen molar-refractivity contribution in [2.45, 2.75) is 12.5 Å². The molecular weight excluding hydrogens is 452 g/mol. The van der Waals surface area contributed by atoms with E-state index in [1.807, 2.05) is 41.8 Å². The summed E-state index contributed by atoms with van der Waals surface area (Å²) in [6, 6.07) is 11.2. The predicted molar refractivity (Wildman–Crippen MR) is 122 cm³/mol. The first kappa shape index (κ1) is 21.8. The number of aromatic nitrogens is 3. The maximum absolute atomic E-state index is 12.8. The highest BCUT2D eigenvalue weighted by Crippen LogP contribution is 2.37. The minimum Gasteiger partial charge on any atom is -0.501 e. The monoisotopic (exact) mass is 470 g/mol. The van der Waals surface area contributed by atoms with E-state index in [0.717, 1.165) is 11.1 Å². The SMILES string of the molecule is CN(c1nc(C(=O)Cc2cnoc2)c(O)c(=O)n1C)C(c1ccccc1)c1ccsc1Cl. The molecule has 3 aromatic heterocycles. The van der Waals surface area contributed by atoms with Gasteiger partial charge in [-0.3, -0.25) is 14.2 Å². The number of carbonyl (C=O) groups excluding carboxylic acids is 1. The molecule has 0 fully saturated rings. The van der Waals surface area contributed by atoms with Gasteiger partial charge in [-0.05, 0) is 17.0 Å². The van der Waals surface area contributed by atoms with Crippen LogP contribution >= 0.6 is 22.9 Å². The van der Waals surface area contributed by atoms with Crippen molar-refractivity contribution in [2.75, 3.05) is 11.9 Å². The van der Waals surface area contributed by atoms with Crippen LogP contribution in [-0.4, -0.2) is 32.6 Å². The highest BCUT2D eigenvalue weighted by atomic mass is 35.5. The van der Waals surface area contributed by atoms with Gasteiger partial charge in [-0.1, -0.05) is 47.1 Å². The van der Waals surface area contributed by atoms with Gasteiger partial charge in [0.15, 0.2) is 11.5 Å². The zero-order valence-electron chi connectivity index (χ0n) is 17.2. The summed E-state index contributed by atoms with van der Waals surface area (Å²) >= 11 is 7.87. The fraction of sp³-hybridized carbons (Fsp3) is 0.182. The summed E-state index contributed by atoms with van der Waals surface area (Å²) in [6.07, 6.45) is 2.61. The summed E-state index contributed by atoms with van der Waals surface area (Å²) < 4.78 is 6.57. The number of rotatable bonds is 7. The molecule has 1 atom stereocenters. The van der Waals surface area contributed by atoms with Crippen LogP contribution in [0.15, 0.2) is 63.6 Å². The maximum Gasteiger partial charge on any atom is 0.297 e. The molecule has 1 unspecified atom stereocenters. The Hall–Kier alpha value is -3.43. The first-order valence-corrected chi connectivity index (χ1v) is 10.9. The molecule has 0 amide bonds. The number of ketones is 1. The van der Waals surface area contributed by atoms with Gasteiger partial charge < -0.3 is 14.5 Å². The second-order valence-electron chi connectivity index (χ2n) is 7.18. The number of Topliss-reactive ketones (excluding diaryl/α,β-unsaturated/α-hetero) is 1. The molecular formula is C22H19ClN4O4S. The Balaban J connectivity index is 1.82. The van der Waals surface area contributed by atoms with Gasteiger partial charge in [0.25, 0.3) is 5.56 Å². The number of halogens is 1. The van der Waals surface area contributed by atoms with Crippen LogP contribution in [0.2, 0.25) is 4.34 Å². The third-order valence-electron chi connectivity index (χ3n) is 5.11. The Kier molecular flexibility index (Phi) is 6.11. The van der Waals surface area contributed by atoms with E-state index in [4.69, 9.17) is 16.1 Å². The standard InChI is InChI=1S/C22H19ClN4O4S/c1-26(18(14-6-4-3-5-7-14)15-8-9-32-20(15)23)22-25-17(19(29)21(30)27(22)2)16(28)10-13-11-24-31-12-13/h3-9,11-12,18,29H,10H2,1-2H3. The van der Waals surface area contributed by atoms with Crippen molar-refractivity contribution in [3.8, 4) is 5.75 Å². The number of carbonyl (C=O) groups is 1. The minimum absolute atomic E-state index is 0.112. The molecule has 0 saturated carbocycles. The average molecular weight is 471 g/mol. The van der Waals surface area contributed by atoms with Crippen molar-refractivity contribution >= 4 is 34.7 Å². The fourth-order valence-corrected chi connectivity index (χ4v) is 4.50. The van der Waals surface area contributed by atoms with E-state index in [2.05, 4.69) is 10.1 Å². The summed E-state index contributed by atoms with van der Waals surface area (Å²) in [5.74, 6) is -1.02. The van der Waals surface area contributed by atoms with Crippen LogP contribution in [0.25, 0.3) is 0 Å². The molecule has 0 aliphatic rings. The van der Waals surface area contributed by atoms with Gasteiger partial charge in [-0.25, -0.2) is 4.98 Å². The predicted octanol–water partition coefficient (Wildman–Crippen LogP) is 3.84. The van der Waals surface area contributed by atoms with Crippen molar-refractivity contribution in [2.24, 2.45) is 7.05 Å². The Labute approximate surface area is 192 Å². The Bertz CT molecular complexity index is 1300. The molecule has 4 rings (SSSR count). The molecule has 1 aromatic carbocycles. The lowest BCUT2D eigenvalue weighted by Gasteiger charge is -2.31. The number of anilines is 1. The van der Waals surface area contributed by atoms with Gasteiger partial charge >= 0.3 is 0 Å². The van der Waals surface area contributed by atoms with Gasteiger partial charge in [0, 0.05) is 31.6 Å². The highest BCUT2D eigenvalue weighted by Gasteiger charge is 2.28. The number of aromatic hydroxyl groups is 1. The summed E-state index contributed by atoms with van der Waals surface area (Å²) in [5, 5.41) is 15.8. The minimum atomic E-state index is -0.723. The molecule has 0 aliphatic heterocycles. The normalized spacial score (nSPS) is 12.0. The van der Waals surface area contributed by atoms with Crippen LogP contribution < -0.4 is 10.5 Å². The number of nitrogens with zero attached hydrogens (tertiary/aromatic N) is 4. The lowest BCUT2D eigenvalue weighted by molar-refractivity contribution is 0.0984. The van der Waals surface area contributed by atoms with Crippen LogP contribution in [0.1, 0.15) is 33.2 Å². The molecule has 4 aromatic rings. The lowest BCUT2D eigenvalue weighted by atomic mass is 10.00. The largest absolute Gasteiger partial charge is 0.501 e. The molecule has 0 saturated heterocycles. The van der Waals surface area contributed by atoms with E-state index in [9.17, 15) is 14.7 Å². The Morgan fingerprint density at radius 1 is 1.31 bits per heavy atom. The molecule has 10 heteroatoms. The van der Waals surface area contributed by atoms with E-state index in [0.29, 0.717) is 9.90 Å². The van der Waals surface area contributed by atoms with Crippen LogP contribution in [0.4, 0.5) is 5.95 Å². The second kappa shape index (κ2) is 8.97. The molecule has 32 heavy (non-hydrogen) atoms. The number of hydrogen-bond donors (Lipinski definition) is 1. The Morgan fingerprint density at radius 2 is 2.06 bits per heavy atom. The third-order valence-corrected chi connectivity index (χ3v) is 6.31. The van der Waals surface area contributed by atoms with Crippen LogP contribution in [-0.2, 0) is 13.5 Å². The quantitative estimate of drug-likeness (QED) is 0.409. The molecule has 0 radical (unpaired) electrons. The second-order valence-corrected chi connectivity index (χ2v) is 8.70. The van der Waals surface area contributed by atoms with Crippen molar-refractivity contribution in [1.82, 2.24) is 14.7 Å². The molecule has 164 valence electrons. The van der Waals surface area contributed by atoms with Gasteiger partial charge in [-0.15, -0.1) is 11.3 Å². The van der Waals surface area contributed by atoms with E-state index >= 15 is 0 Å². The molecule has 0 bridgehead atoms. The average Bonchev–Trinajstić information content (AvgIpc) is 3.45. The topological polar surface area (TPSA) is 101 Å². The van der Waals surface area contributed by atoms with Crippen molar-refractivity contribution in [1.29, 1.82) is 0 Å². The van der Waals surface area contributed by atoms with Crippen LogP contribution in [0, 0.1) is 0 Å². The van der Waals surface area contributed by atoms with Crippen molar-refractivity contribution in [3.63, 3.8) is 0 Å². The van der Waals surface area contributed by atoms with Gasteiger partial charge in [0.2, 0.25) is 11.7 Å². The van der Waals surface area contributed by atoms with Gasteiger partial charge in [-0.2, -0.15) is 0 Å². The molecule has 0 spiro atoms. The number of thiophene rings is 1. The lowest BCUT2D eigenvalue weighted by Crippen LogP contribution is -2.33. The molecule has 8 nitrogen and oxygen atoms in total. The summed E-state index contributed by atoms with van der Waals surface area (Å²) in [4.78, 5) is 31.8. The summed E-state index contributed by atoms with van der Waals surface area (Å²) in [7, 11) is 3.26. The summed E-state index contributed by atoms with van der Waals surface area (Å²) in [5.41, 5.74) is 1.25. The first-order valence-electron chi connectivity index (χ1n) is 9.60. The van der Waals surface area contributed by atoms with Gasteiger partial charge in [0.05, 0.1) is 16.6 Å². The maximum atomic E-state index is 12.8. The molecule has 3 heterocycles. The van der Waals surface area contributed by atoms with Crippen molar-refractivity contribution in [3.05, 3.63) is 91.3 Å². The van der Waals surface area contributed by atoms with Crippen LogP contribution in [0.3, 0.4) is 0 Å².